The standard InChI is InChI=1S/C20H15Br2N3O4/c1-2-27-17-8-12(7-15(22)19(17)28-6-5-23)11-24-25-20(26)18-10-13-9-14(21)3-4-16(13)29-18/h3-4,7-11H,2,6H2,1H3,(H,25,26)/b24-11+. The summed E-state index contributed by atoms with van der Waals surface area (Å²) >= 11 is 6.78. The maximum absolute atomic E-state index is 12.3. The Morgan fingerprint density at radius 3 is 2.86 bits per heavy atom. The number of halogens is 2. The molecule has 0 saturated carbocycles. The van der Waals surface area contributed by atoms with E-state index in [0.29, 0.717) is 33.7 Å². The number of hydrazone groups is 1. The fourth-order valence-corrected chi connectivity index (χ4v) is 3.47. The second-order valence-corrected chi connectivity index (χ2v) is 7.47. The van der Waals surface area contributed by atoms with Crippen molar-refractivity contribution in [2.75, 3.05) is 13.2 Å². The number of carbonyl (C=O) groups is 1. The van der Waals surface area contributed by atoms with Crippen LogP contribution in [0.5, 0.6) is 11.5 Å². The molecule has 2 aromatic carbocycles. The molecule has 0 aliphatic heterocycles. The molecular formula is C20H15Br2N3O4. The summed E-state index contributed by atoms with van der Waals surface area (Å²) in [5.74, 6) is 0.592. The Morgan fingerprint density at radius 2 is 2.10 bits per heavy atom. The second kappa shape index (κ2) is 9.58. The summed E-state index contributed by atoms with van der Waals surface area (Å²) in [6.45, 7) is 2.17. The van der Waals surface area contributed by atoms with Crippen LogP contribution in [0.2, 0.25) is 0 Å². The predicted octanol–water partition coefficient (Wildman–Crippen LogP) is 5.02. The first-order valence-corrected chi connectivity index (χ1v) is 10.1. The average molecular weight is 521 g/mol. The lowest BCUT2D eigenvalue weighted by Crippen LogP contribution is -2.16. The lowest BCUT2D eigenvalue weighted by molar-refractivity contribution is 0.0929. The van der Waals surface area contributed by atoms with Gasteiger partial charge in [-0.1, -0.05) is 15.9 Å². The Morgan fingerprint density at radius 1 is 1.28 bits per heavy atom. The van der Waals surface area contributed by atoms with Crippen molar-refractivity contribution in [3.8, 4) is 17.6 Å². The molecule has 0 saturated heterocycles. The highest BCUT2D eigenvalue weighted by atomic mass is 79.9. The minimum atomic E-state index is -0.466. The highest BCUT2D eigenvalue weighted by Gasteiger charge is 2.13. The van der Waals surface area contributed by atoms with E-state index in [-0.39, 0.29) is 12.4 Å². The molecule has 0 atom stereocenters. The zero-order valence-corrected chi connectivity index (χ0v) is 18.4. The van der Waals surface area contributed by atoms with Gasteiger partial charge in [-0.05, 0) is 64.8 Å². The fraction of sp³-hybridized carbons (Fsp3) is 0.150. The molecule has 148 valence electrons. The molecule has 0 bridgehead atoms. The lowest BCUT2D eigenvalue weighted by atomic mass is 10.2. The van der Waals surface area contributed by atoms with Gasteiger partial charge >= 0.3 is 5.91 Å². The number of nitrogens with zero attached hydrogens (tertiary/aromatic N) is 2. The number of furan rings is 1. The molecule has 7 nitrogen and oxygen atoms in total. The number of benzene rings is 2. The Kier molecular flexibility index (Phi) is 6.90. The van der Waals surface area contributed by atoms with Crippen LogP contribution in [0.3, 0.4) is 0 Å². The van der Waals surface area contributed by atoms with Crippen molar-refractivity contribution in [3.63, 3.8) is 0 Å². The molecule has 1 aromatic heterocycles. The Labute approximate surface area is 183 Å². The van der Waals surface area contributed by atoms with Crippen LogP contribution in [-0.2, 0) is 0 Å². The van der Waals surface area contributed by atoms with Crippen LogP contribution >= 0.6 is 31.9 Å². The van der Waals surface area contributed by atoms with Crippen LogP contribution in [0.1, 0.15) is 23.0 Å². The number of ether oxygens (including phenoxy) is 2. The van der Waals surface area contributed by atoms with Gasteiger partial charge in [-0.15, -0.1) is 0 Å². The number of hydrogen-bond donors (Lipinski definition) is 1. The zero-order valence-electron chi connectivity index (χ0n) is 15.2. The minimum absolute atomic E-state index is 0.101. The van der Waals surface area contributed by atoms with Gasteiger partial charge in [0.1, 0.15) is 11.7 Å². The number of hydrogen-bond acceptors (Lipinski definition) is 6. The van der Waals surface area contributed by atoms with Crippen LogP contribution in [0, 0.1) is 11.3 Å². The van der Waals surface area contributed by atoms with Gasteiger partial charge in [0.05, 0.1) is 17.3 Å². The number of fused-ring (bicyclic) bond motifs is 1. The van der Waals surface area contributed by atoms with Gasteiger partial charge < -0.3 is 13.9 Å². The number of carbonyl (C=O) groups excluding carboxylic acids is 1. The van der Waals surface area contributed by atoms with Crippen molar-refractivity contribution in [3.05, 3.63) is 56.7 Å². The molecular weight excluding hydrogens is 506 g/mol. The van der Waals surface area contributed by atoms with Gasteiger partial charge in [0.2, 0.25) is 0 Å². The monoisotopic (exact) mass is 519 g/mol. The first-order chi connectivity index (χ1) is 14.0. The third-order valence-electron chi connectivity index (χ3n) is 3.69. The second-order valence-electron chi connectivity index (χ2n) is 5.70. The SMILES string of the molecule is CCOc1cc(/C=N/NC(=O)c2cc3cc(Br)ccc3o2)cc(Br)c1OCC#N. The van der Waals surface area contributed by atoms with E-state index in [9.17, 15) is 4.79 Å². The van der Waals surface area contributed by atoms with E-state index in [1.807, 2.05) is 25.1 Å². The third-order valence-corrected chi connectivity index (χ3v) is 4.78. The minimum Gasteiger partial charge on any atom is -0.490 e. The lowest BCUT2D eigenvalue weighted by Gasteiger charge is -2.12. The van der Waals surface area contributed by atoms with Gasteiger partial charge in [0.25, 0.3) is 0 Å². The van der Waals surface area contributed by atoms with E-state index < -0.39 is 5.91 Å². The van der Waals surface area contributed by atoms with Gasteiger partial charge in [0, 0.05) is 9.86 Å². The van der Waals surface area contributed by atoms with Crippen LogP contribution in [0.4, 0.5) is 0 Å². The van der Waals surface area contributed by atoms with Gasteiger partial charge in [0.15, 0.2) is 23.9 Å². The molecule has 1 amide bonds. The van der Waals surface area contributed by atoms with Crippen molar-refractivity contribution in [1.82, 2.24) is 5.43 Å². The van der Waals surface area contributed by atoms with E-state index in [1.165, 1.54) is 6.21 Å². The molecule has 1 N–H and O–H groups in total. The number of nitrogens with one attached hydrogen (secondary N) is 1. The van der Waals surface area contributed by atoms with Gasteiger partial charge in [-0.3, -0.25) is 4.79 Å². The molecule has 0 unspecified atom stereocenters. The molecule has 0 fully saturated rings. The summed E-state index contributed by atoms with van der Waals surface area (Å²) in [6.07, 6.45) is 1.47. The van der Waals surface area contributed by atoms with Crippen molar-refractivity contribution < 1.29 is 18.7 Å². The Hall–Kier alpha value is -2.83. The van der Waals surface area contributed by atoms with Gasteiger partial charge in [-0.2, -0.15) is 10.4 Å². The van der Waals surface area contributed by atoms with E-state index in [4.69, 9.17) is 19.2 Å². The summed E-state index contributed by atoms with van der Waals surface area (Å²) < 4.78 is 18.0. The van der Waals surface area contributed by atoms with Crippen molar-refractivity contribution in [2.24, 2.45) is 5.10 Å². The summed E-state index contributed by atoms with van der Waals surface area (Å²) in [6, 6.07) is 12.5. The van der Waals surface area contributed by atoms with E-state index >= 15 is 0 Å². The zero-order chi connectivity index (χ0) is 20.8. The van der Waals surface area contributed by atoms with E-state index in [0.717, 1.165) is 9.86 Å². The van der Waals surface area contributed by atoms with Crippen molar-refractivity contribution >= 4 is 55.0 Å². The maximum Gasteiger partial charge on any atom is 0.307 e. The summed E-state index contributed by atoms with van der Waals surface area (Å²) in [7, 11) is 0. The summed E-state index contributed by atoms with van der Waals surface area (Å²) in [4.78, 5) is 12.3. The first-order valence-electron chi connectivity index (χ1n) is 8.50. The maximum atomic E-state index is 12.3. The van der Waals surface area contributed by atoms with Crippen LogP contribution in [0.15, 0.2) is 54.9 Å². The van der Waals surface area contributed by atoms with Crippen molar-refractivity contribution in [1.29, 1.82) is 5.26 Å². The fourth-order valence-electron chi connectivity index (χ4n) is 2.52. The summed E-state index contributed by atoms with van der Waals surface area (Å²) in [5, 5.41) is 13.5. The molecule has 29 heavy (non-hydrogen) atoms. The molecule has 3 rings (SSSR count). The quantitative estimate of drug-likeness (QED) is 0.348. The number of nitriles is 1. The number of rotatable bonds is 7. The normalized spacial score (nSPS) is 10.8. The topological polar surface area (TPSA) is 96.8 Å². The largest absolute Gasteiger partial charge is 0.490 e. The predicted molar refractivity (Wildman–Crippen MR) is 115 cm³/mol. The van der Waals surface area contributed by atoms with Crippen molar-refractivity contribution in [2.45, 2.75) is 6.92 Å². The van der Waals surface area contributed by atoms with Crippen LogP contribution in [-0.4, -0.2) is 25.3 Å². The Bertz CT molecular complexity index is 1120. The molecule has 9 heteroatoms. The smallest absolute Gasteiger partial charge is 0.307 e. The Balaban J connectivity index is 1.74. The molecule has 0 radical (unpaired) electrons. The van der Waals surface area contributed by atoms with Gasteiger partial charge in [-0.25, -0.2) is 5.43 Å². The highest BCUT2D eigenvalue weighted by Crippen LogP contribution is 2.36. The highest BCUT2D eigenvalue weighted by molar-refractivity contribution is 9.10. The van der Waals surface area contributed by atoms with Crippen LogP contribution < -0.4 is 14.9 Å². The molecule has 0 aliphatic carbocycles. The van der Waals surface area contributed by atoms with E-state index in [2.05, 4.69) is 42.4 Å². The summed E-state index contributed by atoms with van der Waals surface area (Å²) in [5.41, 5.74) is 3.71. The number of amides is 1. The molecule has 0 spiro atoms. The third kappa shape index (κ3) is 5.16. The van der Waals surface area contributed by atoms with Crippen LogP contribution in [0.25, 0.3) is 11.0 Å². The molecule has 3 aromatic rings. The molecule has 1 heterocycles. The van der Waals surface area contributed by atoms with E-state index in [1.54, 1.807) is 24.3 Å². The first kappa shape index (κ1) is 20.9. The molecule has 0 aliphatic rings. The average Bonchev–Trinajstić information content (AvgIpc) is 3.11.